The Balaban J connectivity index is 1.32. The summed E-state index contributed by atoms with van der Waals surface area (Å²) in [4.78, 5) is 50.2. The fourth-order valence-corrected chi connectivity index (χ4v) is 6.02. The minimum Gasteiger partial charge on any atom is -0.456 e. The lowest BCUT2D eigenvalue weighted by atomic mass is 9.94. The van der Waals surface area contributed by atoms with E-state index in [1.807, 2.05) is 23.6 Å². The van der Waals surface area contributed by atoms with E-state index in [2.05, 4.69) is 27.4 Å². The Morgan fingerprint density at radius 3 is 2.69 bits per heavy atom. The molecule has 35 heavy (non-hydrogen) atoms. The number of aromatic nitrogens is 1. The SMILES string of the molecule is CCN1CCN(c2ccc3oc([C@]4(CN5CCc6ccsc6C5=O)NC(=O)NC4=O)cc3n2)CC1. The molecule has 3 aromatic rings. The molecule has 1 atom stereocenters. The van der Waals surface area contributed by atoms with Gasteiger partial charge in [-0.3, -0.25) is 14.9 Å². The minimum atomic E-state index is -1.52. The highest BCUT2D eigenvalue weighted by Crippen LogP contribution is 2.34. The van der Waals surface area contributed by atoms with Crippen molar-refractivity contribution < 1.29 is 18.8 Å². The van der Waals surface area contributed by atoms with Gasteiger partial charge in [0.2, 0.25) is 0 Å². The molecule has 0 aromatic carbocycles. The van der Waals surface area contributed by atoms with Crippen LogP contribution in [-0.2, 0) is 16.8 Å². The molecule has 0 bridgehead atoms. The molecule has 0 saturated carbocycles. The molecule has 4 amide bonds. The van der Waals surface area contributed by atoms with Crippen LogP contribution in [0, 0.1) is 0 Å². The number of likely N-dealkylation sites (N-methyl/N-ethyl adjacent to an activating group) is 1. The van der Waals surface area contributed by atoms with Crippen molar-refractivity contribution in [3.05, 3.63) is 45.8 Å². The topological polar surface area (TPSA) is 111 Å². The lowest BCUT2D eigenvalue weighted by Gasteiger charge is -2.34. The number of hydrogen-bond donors (Lipinski definition) is 2. The van der Waals surface area contributed by atoms with Gasteiger partial charge in [0.05, 0.1) is 11.4 Å². The van der Waals surface area contributed by atoms with Gasteiger partial charge in [-0.2, -0.15) is 0 Å². The fraction of sp³-hybridized carbons (Fsp3) is 0.417. The fourth-order valence-electron chi connectivity index (χ4n) is 5.11. The zero-order valence-corrected chi connectivity index (χ0v) is 20.2. The maximum atomic E-state index is 13.1. The predicted molar refractivity (Wildman–Crippen MR) is 131 cm³/mol. The van der Waals surface area contributed by atoms with E-state index in [4.69, 9.17) is 9.40 Å². The molecule has 0 unspecified atom stereocenters. The first-order valence-electron chi connectivity index (χ1n) is 11.8. The standard InChI is InChI=1S/C24H26N6O4S/c1-2-28-8-10-29(11-9-28)19-4-3-17-16(25-19)13-18(34-17)24(22(32)26-23(33)27-24)14-30-7-5-15-6-12-35-20(15)21(30)31/h3-4,6,12-13H,2,5,7-11,14H2,1H3,(H2,26,27,32,33)/t24-/m0/s1. The second-order valence-electron chi connectivity index (χ2n) is 9.15. The third kappa shape index (κ3) is 3.66. The van der Waals surface area contributed by atoms with E-state index in [0.717, 1.165) is 44.1 Å². The quantitative estimate of drug-likeness (QED) is 0.520. The predicted octanol–water partition coefficient (Wildman–Crippen LogP) is 1.76. The Kier molecular flexibility index (Phi) is 5.26. The summed E-state index contributed by atoms with van der Waals surface area (Å²) >= 11 is 1.39. The molecule has 0 radical (unpaired) electrons. The monoisotopic (exact) mass is 494 g/mol. The Morgan fingerprint density at radius 2 is 1.94 bits per heavy atom. The average molecular weight is 495 g/mol. The number of hydrogen-bond acceptors (Lipinski definition) is 8. The normalized spacial score (nSPS) is 23.1. The molecular formula is C24H26N6O4S. The average Bonchev–Trinajstić information content (AvgIpc) is 3.58. The third-order valence-electron chi connectivity index (χ3n) is 7.17. The van der Waals surface area contributed by atoms with Crippen molar-refractivity contribution in [1.29, 1.82) is 0 Å². The van der Waals surface area contributed by atoms with E-state index in [0.29, 0.717) is 28.9 Å². The summed E-state index contributed by atoms with van der Waals surface area (Å²) in [6.07, 6.45) is 0.701. The number of nitrogens with one attached hydrogen (secondary N) is 2. The highest BCUT2D eigenvalue weighted by Gasteiger charge is 2.52. The summed E-state index contributed by atoms with van der Waals surface area (Å²) in [7, 11) is 0. The maximum Gasteiger partial charge on any atom is 0.322 e. The Hall–Kier alpha value is -3.44. The van der Waals surface area contributed by atoms with Gasteiger partial charge in [-0.1, -0.05) is 6.92 Å². The molecule has 0 spiro atoms. The first-order chi connectivity index (χ1) is 17.0. The molecular weight excluding hydrogens is 468 g/mol. The first kappa shape index (κ1) is 22.1. The molecule has 0 aliphatic carbocycles. The Labute approximate surface area is 205 Å². The van der Waals surface area contributed by atoms with E-state index in [-0.39, 0.29) is 18.2 Å². The number of thiophene rings is 1. The van der Waals surface area contributed by atoms with Crippen molar-refractivity contribution in [3.8, 4) is 0 Å². The van der Waals surface area contributed by atoms with Crippen LogP contribution in [0.5, 0.6) is 0 Å². The number of carbonyl (C=O) groups excluding carboxylic acids is 3. The van der Waals surface area contributed by atoms with Crippen LogP contribution < -0.4 is 15.5 Å². The summed E-state index contributed by atoms with van der Waals surface area (Å²) in [6, 6.07) is 6.82. The smallest absolute Gasteiger partial charge is 0.322 e. The zero-order chi connectivity index (χ0) is 24.2. The molecule has 3 aromatic heterocycles. The lowest BCUT2D eigenvalue weighted by molar-refractivity contribution is -0.125. The number of rotatable bonds is 5. The van der Waals surface area contributed by atoms with Gasteiger partial charge in [-0.25, -0.2) is 9.78 Å². The van der Waals surface area contributed by atoms with Crippen molar-refractivity contribution in [2.24, 2.45) is 0 Å². The Morgan fingerprint density at radius 1 is 1.11 bits per heavy atom. The van der Waals surface area contributed by atoms with Crippen LogP contribution >= 0.6 is 11.3 Å². The largest absolute Gasteiger partial charge is 0.456 e. The van der Waals surface area contributed by atoms with Crippen molar-refractivity contribution in [2.45, 2.75) is 18.9 Å². The Bertz CT molecular complexity index is 1330. The van der Waals surface area contributed by atoms with Crippen molar-refractivity contribution in [2.75, 3.05) is 50.7 Å². The summed E-state index contributed by atoms with van der Waals surface area (Å²) in [5, 5.41) is 6.97. The van der Waals surface area contributed by atoms with Crippen LogP contribution in [0.1, 0.15) is 27.9 Å². The van der Waals surface area contributed by atoms with Crippen molar-refractivity contribution in [3.63, 3.8) is 0 Å². The van der Waals surface area contributed by atoms with E-state index in [9.17, 15) is 14.4 Å². The molecule has 6 rings (SSSR count). The number of nitrogens with zero attached hydrogens (tertiary/aromatic N) is 4. The van der Waals surface area contributed by atoms with Crippen LogP contribution in [0.2, 0.25) is 0 Å². The van der Waals surface area contributed by atoms with E-state index in [1.54, 1.807) is 11.0 Å². The third-order valence-corrected chi connectivity index (χ3v) is 8.12. The number of furan rings is 1. The van der Waals surface area contributed by atoms with Crippen molar-refractivity contribution >= 4 is 46.1 Å². The molecule has 2 fully saturated rings. The molecule has 3 aliphatic rings. The van der Waals surface area contributed by atoms with Gasteiger partial charge in [0.1, 0.15) is 17.1 Å². The number of carbonyl (C=O) groups is 3. The van der Waals surface area contributed by atoms with Crippen molar-refractivity contribution in [1.82, 2.24) is 25.4 Å². The number of urea groups is 1. The number of amides is 4. The molecule has 3 aliphatic heterocycles. The number of piperazine rings is 1. The van der Waals surface area contributed by atoms with Gasteiger partial charge in [0, 0.05) is 38.8 Å². The summed E-state index contributed by atoms with van der Waals surface area (Å²) in [5.74, 6) is 0.437. The van der Waals surface area contributed by atoms with Gasteiger partial charge in [0.25, 0.3) is 11.8 Å². The molecule has 10 nitrogen and oxygen atoms in total. The number of fused-ring (bicyclic) bond motifs is 2. The first-order valence-corrected chi connectivity index (χ1v) is 12.7. The zero-order valence-electron chi connectivity index (χ0n) is 19.4. The molecule has 2 saturated heterocycles. The summed E-state index contributed by atoms with van der Waals surface area (Å²) < 4.78 is 6.08. The lowest BCUT2D eigenvalue weighted by Crippen LogP contribution is -2.54. The maximum absolute atomic E-state index is 13.1. The van der Waals surface area contributed by atoms with Gasteiger partial charge in [-0.05, 0) is 42.1 Å². The van der Waals surface area contributed by atoms with Crippen LogP contribution in [0.3, 0.4) is 0 Å². The van der Waals surface area contributed by atoms with Crippen LogP contribution in [0.4, 0.5) is 10.6 Å². The second kappa shape index (κ2) is 8.35. The highest BCUT2D eigenvalue weighted by atomic mass is 32.1. The molecule has 11 heteroatoms. The van der Waals surface area contributed by atoms with Crippen LogP contribution in [0.25, 0.3) is 11.1 Å². The molecule has 6 heterocycles. The van der Waals surface area contributed by atoms with Crippen LogP contribution in [-0.4, -0.2) is 78.4 Å². The molecule has 2 N–H and O–H groups in total. The number of pyridine rings is 1. The van der Waals surface area contributed by atoms with E-state index < -0.39 is 17.5 Å². The van der Waals surface area contributed by atoms with Gasteiger partial charge in [0.15, 0.2) is 11.1 Å². The van der Waals surface area contributed by atoms with Gasteiger partial charge < -0.3 is 24.4 Å². The van der Waals surface area contributed by atoms with E-state index in [1.165, 1.54) is 11.3 Å². The van der Waals surface area contributed by atoms with Gasteiger partial charge in [-0.15, -0.1) is 11.3 Å². The van der Waals surface area contributed by atoms with E-state index >= 15 is 0 Å². The number of anilines is 1. The van der Waals surface area contributed by atoms with Crippen LogP contribution in [0.15, 0.2) is 34.1 Å². The van der Waals surface area contributed by atoms with Gasteiger partial charge >= 0.3 is 6.03 Å². The number of imide groups is 1. The summed E-state index contributed by atoms with van der Waals surface area (Å²) in [5.41, 5.74) is 0.629. The molecule has 182 valence electrons. The second-order valence-corrected chi connectivity index (χ2v) is 10.1. The minimum absolute atomic E-state index is 0.0214. The summed E-state index contributed by atoms with van der Waals surface area (Å²) in [6.45, 7) is 7.39. The highest BCUT2D eigenvalue weighted by molar-refractivity contribution is 7.12.